The van der Waals surface area contributed by atoms with Gasteiger partial charge in [0.25, 0.3) is 0 Å². The van der Waals surface area contributed by atoms with E-state index in [0.29, 0.717) is 19.6 Å². The van der Waals surface area contributed by atoms with Gasteiger partial charge in [-0.3, -0.25) is 9.59 Å². The first-order valence-corrected chi connectivity index (χ1v) is 8.99. The molecule has 0 radical (unpaired) electrons. The molecular formula is C20H27FN2O2. The summed E-state index contributed by atoms with van der Waals surface area (Å²) < 4.78 is 12.9. The van der Waals surface area contributed by atoms with Gasteiger partial charge in [0.15, 0.2) is 0 Å². The maximum atomic E-state index is 12.9. The number of rotatable bonds is 8. The van der Waals surface area contributed by atoms with Gasteiger partial charge >= 0.3 is 0 Å². The number of carbonyl (C=O) groups is 2. The zero-order valence-electron chi connectivity index (χ0n) is 14.9. The molecule has 25 heavy (non-hydrogen) atoms. The van der Waals surface area contributed by atoms with Crippen LogP contribution in [0.2, 0.25) is 0 Å². The molecule has 0 aromatic heterocycles. The number of hydrogen-bond donors (Lipinski definition) is 1. The minimum atomic E-state index is -0.311. The van der Waals surface area contributed by atoms with Gasteiger partial charge in [-0.25, -0.2) is 4.39 Å². The number of nitrogens with one attached hydrogen (secondary N) is 1. The fourth-order valence-electron chi connectivity index (χ4n) is 3.02. The Morgan fingerprint density at radius 2 is 1.92 bits per heavy atom. The fraction of sp³-hybridized carbons (Fsp3) is 0.500. The van der Waals surface area contributed by atoms with Gasteiger partial charge in [-0.2, -0.15) is 0 Å². The van der Waals surface area contributed by atoms with Crippen molar-refractivity contribution in [3.8, 4) is 0 Å². The quantitative estimate of drug-likeness (QED) is 0.735. The van der Waals surface area contributed by atoms with Crippen LogP contribution in [0, 0.1) is 5.82 Å². The molecule has 1 aliphatic rings. The molecule has 0 heterocycles. The van der Waals surface area contributed by atoms with Crippen LogP contribution in [0.5, 0.6) is 0 Å². The van der Waals surface area contributed by atoms with Gasteiger partial charge in [-0.1, -0.05) is 23.8 Å². The zero-order valence-corrected chi connectivity index (χ0v) is 14.9. The Morgan fingerprint density at radius 3 is 2.56 bits per heavy atom. The minimum Gasteiger partial charge on any atom is -0.354 e. The van der Waals surface area contributed by atoms with Gasteiger partial charge in [0.1, 0.15) is 5.82 Å². The van der Waals surface area contributed by atoms with Crippen molar-refractivity contribution in [3.05, 3.63) is 47.3 Å². The van der Waals surface area contributed by atoms with Gasteiger partial charge in [0.05, 0.1) is 6.42 Å². The molecule has 1 N–H and O–H groups in total. The molecule has 2 rings (SSSR count). The van der Waals surface area contributed by atoms with Crippen molar-refractivity contribution in [2.24, 2.45) is 0 Å². The smallest absolute Gasteiger partial charge is 0.224 e. The summed E-state index contributed by atoms with van der Waals surface area (Å²) in [6, 6.07) is 5.91. The topological polar surface area (TPSA) is 49.4 Å². The van der Waals surface area contributed by atoms with Crippen molar-refractivity contribution in [1.29, 1.82) is 0 Å². The Balaban J connectivity index is 1.71. The highest BCUT2D eigenvalue weighted by atomic mass is 19.1. The first kappa shape index (κ1) is 19.2. The Labute approximate surface area is 149 Å². The number of nitrogens with zero attached hydrogens (tertiary/aromatic N) is 1. The van der Waals surface area contributed by atoms with Crippen LogP contribution in [-0.4, -0.2) is 36.3 Å². The van der Waals surface area contributed by atoms with Gasteiger partial charge in [-0.05, 0) is 49.8 Å². The summed E-state index contributed by atoms with van der Waals surface area (Å²) in [4.78, 5) is 25.5. The van der Waals surface area contributed by atoms with Crippen molar-refractivity contribution >= 4 is 11.8 Å². The third kappa shape index (κ3) is 7.08. The van der Waals surface area contributed by atoms with E-state index in [1.807, 2.05) is 0 Å². The summed E-state index contributed by atoms with van der Waals surface area (Å²) in [5.74, 6) is -0.399. The molecule has 5 heteroatoms. The predicted octanol–water partition coefficient (Wildman–Crippen LogP) is 3.22. The van der Waals surface area contributed by atoms with Crippen molar-refractivity contribution in [2.75, 3.05) is 19.6 Å². The number of benzene rings is 1. The molecule has 0 bridgehead atoms. The van der Waals surface area contributed by atoms with E-state index in [0.717, 1.165) is 24.8 Å². The second-order valence-electron chi connectivity index (χ2n) is 6.52. The van der Waals surface area contributed by atoms with Gasteiger partial charge in [-0.15, -0.1) is 0 Å². The van der Waals surface area contributed by atoms with E-state index >= 15 is 0 Å². The van der Waals surface area contributed by atoms with Crippen molar-refractivity contribution < 1.29 is 14.0 Å². The molecule has 0 atom stereocenters. The first-order valence-electron chi connectivity index (χ1n) is 8.99. The molecule has 0 aliphatic heterocycles. The second kappa shape index (κ2) is 9.97. The number of allylic oxidation sites excluding steroid dienone is 1. The average Bonchev–Trinajstić information content (AvgIpc) is 2.60. The summed E-state index contributed by atoms with van der Waals surface area (Å²) >= 11 is 0. The maximum Gasteiger partial charge on any atom is 0.224 e. The van der Waals surface area contributed by atoms with E-state index in [9.17, 15) is 14.0 Å². The highest BCUT2D eigenvalue weighted by Crippen LogP contribution is 2.20. The standard InChI is InChI=1S/C20H27FN2O2/c1-16(24)23(13-11-17-5-3-2-4-6-17)14-12-22-20(25)15-18-7-9-19(21)10-8-18/h5,7-10H,2-4,6,11-15H2,1H3,(H,22,25). The second-order valence-corrected chi connectivity index (χ2v) is 6.52. The summed E-state index contributed by atoms with van der Waals surface area (Å²) in [5, 5.41) is 2.83. The maximum absolute atomic E-state index is 12.9. The predicted molar refractivity (Wildman–Crippen MR) is 96.5 cm³/mol. The van der Waals surface area contributed by atoms with E-state index in [1.165, 1.54) is 30.5 Å². The molecule has 136 valence electrons. The highest BCUT2D eigenvalue weighted by molar-refractivity contribution is 5.78. The van der Waals surface area contributed by atoms with E-state index < -0.39 is 0 Å². The minimum absolute atomic E-state index is 0.0317. The first-order chi connectivity index (χ1) is 12.0. The van der Waals surface area contributed by atoms with E-state index in [-0.39, 0.29) is 24.1 Å². The van der Waals surface area contributed by atoms with Crippen molar-refractivity contribution in [1.82, 2.24) is 10.2 Å². The lowest BCUT2D eigenvalue weighted by molar-refractivity contribution is -0.129. The molecule has 0 spiro atoms. The number of carbonyl (C=O) groups excluding carboxylic acids is 2. The van der Waals surface area contributed by atoms with Crippen LogP contribution in [0.4, 0.5) is 4.39 Å². The molecule has 2 amide bonds. The highest BCUT2D eigenvalue weighted by Gasteiger charge is 2.11. The Bertz CT molecular complexity index is 611. The van der Waals surface area contributed by atoms with Gasteiger partial charge in [0.2, 0.25) is 11.8 Å². The summed E-state index contributed by atoms with van der Waals surface area (Å²) in [7, 11) is 0. The lowest BCUT2D eigenvalue weighted by Crippen LogP contribution is -2.38. The molecular weight excluding hydrogens is 319 g/mol. The SMILES string of the molecule is CC(=O)N(CCNC(=O)Cc1ccc(F)cc1)CCC1=CCCCC1. The molecule has 0 saturated carbocycles. The van der Waals surface area contributed by atoms with Crippen LogP contribution in [0.15, 0.2) is 35.9 Å². The van der Waals surface area contributed by atoms with Crippen LogP contribution in [-0.2, 0) is 16.0 Å². The molecule has 0 fully saturated rings. The third-order valence-corrected chi connectivity index (χ3v) is 4.52. The van der Waals surface area contributed by atoms with Gasteiger partial charge in [0, 0.05) is 26.6 Å². The Morgan fingerprint density at radius 1 is 1.16 bits per heavy atom. The summed E-state index contributed by atoms with van der Waals surface area (Å²) in [6.45, 7) is 3.21. The molecule has 1 aromatic rings. The number of halogens is 1. The largest absolute Gasteiger partial charge is 0.354 e. The van der Waals surface area contributed by atoms with Gasteiger partial charge < -0.3 is 10.2 Å². The average molecular weight is 346 g/mol. The van der Waals surface area contributed by atoms with E-state index in [4.69, 9.17) is 0 Å². The van der Waals surface area contributed by atoms with Crippen molar-refractivity contribution in [3.63, 3.8) is 0 Å². The van der Waals surface area contributed by atoms with Crippen LogP contribution in [0.3, 0.4) is 0 Å². The van der Waals surface area contributed by atoms with Crippen LogP contribution < -0.4 is 5.32 Å². The van der Waals surface area contributed by atoms with Crippen molar-refractivity contribution in [2.45, 2.75) is 45.4 Å². The normalized spacial score (nSPS) is 13.9. The Hall–Kier alpha value is -2.17. The zero-order chi connectivity index (χ0) is 18.1. The van der Waals surface area contributed by atoms with Crippen LogP contribution in [0.1, 0.15) is 44.6 Å². The lowest BCUT2D eigenvalue weighted by Gasteiger charge is -2.23. The lowest BCUT2D eigenvalue weighted by atomic mass is 9.97. The van der Waals surface area contributed by atoms with Crippen LogP contribution >= 0.6 is 0 Å². The molecule has 0 unspecified atom stereocenters. The fourth-order valence-corrected chi connectivity index (χ4v) is 3.02. The molecule has 0 saturated heterocycles. The monoisotopic (exact) mass is 346 g/mol. The molecule has 1 aromatic carbocycles. The molecule has 4 nitrogen and oxygen atoms in total. The van der Waals surface area contributed by atoms with E-state index in [1.54, 1.807) is 24.0 Å². The number of amides is 2. The third-order valence-electron chi connectivity index (χ3n) is 4.52. The number of hydrogen-bond acceptors (Lipinski definition) is 2. The summed E-state index contributed by atoms with van der Waals surface area (Å²) in [6.07, 6.45) is 8.23. The summed E-state index contributed by atoms with van der Waals surface area (Å²) in [5.41, 5.74) is 2.21. The van der Waals surface area contributed by atoms with Crippen LogP contribution in [0.25, 0.3) is 0 Å². The Kier molecular flexibility index (Phi) is 7.64. The van der Waals surface area contributed by atoms with E-state index in [2.05, 4.69) is 11.4 Å². The molecule has 1 aliphatic carbocycles.